The van der Waals surface area contributed by atoms with E-state index >= 15 is 0 Å². The molecule has 0 aromatic carbocycles. The van der Waals surface area contributed by atoms with Crippen LogP contribution in [0.25, 0.3) is 0 Å². The van der Waals surface area contributed by atoms with E-state index in [1.54, 1.807) is 0 Å². The van der Waals surface area contributed by atoms with Gasteiger partial charge >= 0.3 is 0 Å². The molecule has 1 heterocycles. The molecule has 0 spiro atoms. The van der Waals surface area contributed by atoms with E-state index in [2.05, 4.69) is 5.32 Å². The summed E-state index contributed by atoms with van der Waals surface area (Å²) in [6.45, 7) is 0.773. The molecule has 1 saturated heterocycles. The number of hydrogen-bond donors (Lipinski definition) is 2. The van der Waals surface area contributed by atoms with Gasteiger partial charge in [-0.1, -0.05) is 0 Å². The SMILES string of the molecule is Cl.NC(=O)C1CN1. The van der Waals surface area contributed by atoms with E-state index in [0.717, 1.165) is 6.54 Å². The van der Waals surface area contributed by atoms with Gasteiger partial charge in [0.05, 0.1) is 6.04 Å². The van der Waals surface area contributed by atoms with Gasteiger partial charge in [-0.05, 0) is 0 Å². The van der Waals surface area contributed by atoms with Gasteiger partial charge in [-0.25, -0.2) is 0 Å². The molecule has 1 rings (SSSR count). The second kappa shape index (κ2) is 2.14. The minimum absolute atomic E-state index is 0. The Hall–Kier alpha value is -0.280. The van der Waals surface area contributed by atoms with Crippen LogP contribution in [-0.2, 0) is 4.79 Å². The molecule has 0 aromatic heterocycles. The van der Waals surface area contributed by atoms with Crippen molar-refractivity contribution in [2.45, 2.75) is 6.04 Å². The van der Waals surface area contributed by atoms with Crippen molar-refractivity contribution >= 4 is 18.3 Å². The standard InChI is InChI=1S/C3H6N2O.ClH/c4-3(6)2-1-5-2;/h2,5H,1H2,(H2,4,6);1H. The van der Waals surface area contributed by atoms with E-state index in [4.69, 9.17) is 5.73 Å². The fourth-order valence-corrected chi connectivity index (χ4v) is 0.260. The number of nitrogens with two attached hydrogens (primary N) is 1. The molecule has 0 aliphatic carbocycles. The number of rotatable bonds is 1. The first-order chi connectivity index (χ1) is 2.80. The quantitative estimate of drug-likeness (QED) is 0.432. The Balaban J connectivity index is 0.000000360. The van der Waals surface area contributed by atoms with Gasteiger partial charge in [0.1, 0.15) is 0 Å². The van der Waals surface area contributed by atoms with Crippen molar-refractivity contribution in [1.29, 1.82) is 0 Å². The molecular formula is C3H7ClN2O. The molecule has 1 fully saturated rings. The number of carbonyl (C=O) groups is 1. The lowest BCUT2D eigenvalue weighted by Crippen LogP contribution is -2.19. The van der Waals surface area contributed by atoms with Crippen LogP contribution in [0.3, 0.4) is 0 Å². The largest absolute Gasteiger partial charge is 0.368 e. The van der Waals surface area contributed by atoms with E-state index in [1.165, 1.54) is 0 Å². The van der Waals surface area contributed by atoms with Gasteiger partial charge in [0.2, 0.25) is 5.91 Å². The molecule has 0 saturated carbocycles. The minimum atomic E-state index is -0.241. The van der Waals surface area contributed by atoms with Crippen molar-refractivity contribution in [3.8, 4) is 0 Å². The Morgan fingerprint density at radius 3 is 2.29 bits per heavy atom. The fraction of sp³-hybridized carbons (Fsp3) is 0.667. The van der Waals surface area contributed by atoms with Crippen molar-refractivity contribution < 1.29 is 4.79 Å². The Labute approximate surface area is 47.7 Å². The first kappa shape index (κ1) is 6.72. The first-order valence-corrected chi connectivity index (χ1v) is 1.83. The van der Waals surface area contributed by atoms with Crippen molar-refractivity contribution in [2.75, 3.05) is 6.54 Å². The predicted octanol–water partition coefficient (Wildman–Crippen LogP) is -1.13. The van der Waals surface area contributed by atoms with E-state index in [0.29, 0.717) is 0 Å². The number of carbonyl (C=O) groups excluding carboxylic acids is 1. The first-order valence-electron chi connectivity index (χ1n) is 1.83. The average Bonchev–Trinajstić information content (AvgIpc) is 2.06. The normalized spacial score (nSPS) is 25.4. The Bertz CT molecular complexity index is 81.0. The van der Waals surface area contributed by atoms with E-state index < -0.39 is 0 Å². The van der Waals surface area contributed by atoms with Crippen LogP contribution in [0.1, 0.15) is 0 Å². The Morgan fingerprint density at radius 1 is 1.86 bits per heavy atom. The topological polar surface area (TPSA) is 65.0 Å². The van der Waals surface area contributed by atoms with E-state index in [-0.39, 0.29) is 24.4 Å². The molecule has 1 atom stereocenters. The van der Waals surface area contributed by atoms with Gasteiger partial charge in [0, 0.05) is 6.54 Å². The number of halogens is 1. The van der Waals surface area contributed by atoms with Crippen molar-refractivity contribution in [3.63, 3.8) is 0 Å². The smallest absolute Gasteiger partial charge is 0.235 e. The van der Waals surface area contributed by atoms with Gasteiger partial charge in [0.15, 0.2) is 0 Å². The minimum Gasteiger partial charge on any atom is -0.368 e. The van der Waals surface area contributed by atoms with Crippen LogP contribution in [0.15, 0.2) is 0 Å². The van der Waals surface area contributed by atoms with Crippen LogP contribution in [-0.4, -0.2) is 18.5 Å². The summed E-state index contributed by atoms with van der Waals surface area (Å²) in [7, 11) is 0. The summed E-state index contributed by atoms with van der Waals surface area (Å²) in [6.07, 6.45) is 0. The summed E-state index contributed by atoms with van der Waals surface area (Å²) < 4.78 is 0. The lowest BCUT2D eigenvalue weighted by molar-refractivity contribution is -0.117. The molecule has 1 aliphatic heterocycles. The van der Waals surface area contributed by atoms with E-state index in [1.807, 2.05) is 0 Å². The maximum absolute atomic E-state index is 9.92. The molecule has 3 nitrogen and oxygen atoms in total. The van der Waals surface area contributed by atoms with Crippen LogP contribution < -0.4 is 11.1 Å². The predicted molar refractivity (Wildman–Crippen MR) is 28.2 cm³/mol. The fourth-order valence-electron chi connectivity index (χ4n) is 0.260. The second-order valence-corrected chi connectivity index (χ2v) is 1.36. The van der Waals surface area contributed by atoms with Gasteiger partial charge < -0.3 is 11.1 Å². The molecule has 0 radical (unpaired) electrons. The zero-order valence-electron chi connectivity index (χ0n) is 3.68. The number of amides is 1. The molecular weight excluding hydrogens is 115 g/mol. The summed E-state index contributed by atoms with van der Waals surface area (Å²) in [5, 5.41) is 2.76. The van der Waals surface area contributed by atoms with Gasteiger partial charge in [-0.15, -0.1) is 12.4 Å². The number of nitrogens with one attached hydrogen (secondary N) is 1. The van der Waals surface area contributed by atoms with Crippen molar-refractivity contribution in [1.82, 2.24) is 5.32 Å². The van der Waals surface area contributed by atoms with Gasteiger partial charge in [-0.3, -0.25) is 4.79 Å². The lowest BCUT2D eigenvalue weighted by atomic mass is 10.5. The maximum Gasteiger partial charge on any atom is 0.235 e. The maximum atomic E-state index is 9.92. The van der Waals surface area contributed by atoms with Crippen LogP contribution in [0.5, 0.6) is 0 Å². The van der Waals surface area contributed by atoms with Crippen LogP contribution in [0.2, 0.25) is 0 Å². The van der Waals surface area contributed by atoms with Crippen LogP contribution in [0, 0.1) is 0 Å². The molecule has 1 amide bonds. The Morgan fingerprint density at radius 2 is 2.29 bits per heavy atom. The molecule has 3 N–H and O–H groups in total. The zero-order chi connectivity index (χ0) is 4.57. The summed E-state index contributed by atoms with van der Waals surface area (Å²) in [5.74, 6) is -0.241. The molecule has 0 aromatic rings. The zero-order valence-corrected chi connectivity index (χ0v) is 4.49. The highest BCUT2D eigenvalue weighted by molar-refractivity contribution is 5.85. The van der Waals surface area contributed by atoms with E-state index in [9.17, 15) is 4.79 Å². The van der Waals surface area contributed by atoms with Gasteiger partial charge in [-0.2, -0.15) is 0 Å². The third kappa shape index (κ3) is 1.75. The number of hydrogen-bond acceptors (Lipinski definition) is 2. The molecule has 7 heavy (non-hydrogen) atoms. The second-order valence-electron chi connectivity index (χ2n) is 1.36. The Kier molecular flexibility index (Phi) is 2.05. The molecule has 1 unspecified atom stereocenters. The molecule has 0 bridgehead atoms. The average molecular weight is 123 g/mol. The summed E-state index contributed by atoms with van der Waals surface area (Å²) in [6, 6.07) is -0.00926. The van der Waals surface area contributed by atoms with Crippen molar-refractivity contribution in [3.05, 3.63) is 0 Å². The molecule has 1 aliphatic rings. The highest BCUT2D eigenvalue weighted by Crippen LogP contribution is 1.91. The van der Waals surface area contributed by atoms with Gasteiger partial charge in [0.25, 0.3) is 0 Å². The monoisotopic (exact) mass is 122 g/mol. The summed E-state index contributed by atoms with van der Waals surface area (Å²) >= 11 is 0. The summed E-state index contributed by atoms with van der Waals surface area (Å²) in [4.78, 5) is 9.92. The third-order valence-corrected chi connectivity index (χ3v) is 0.752. The lowest BCUT2D eigenvalue weighted by Gasteiger charge is -1.75. The summed E-state index contributed by atoms with van der Waals surface area (Å²) in [5.41, 5.74) is 4.80. The highest BCUT2D eigenvalue weighted by Gasteiger charge is 2.25. The molecule has 4 heteroatoms. The number of primary amides is 1. The van der Waals surface area contributed by atoms with Crippen molar-refractivity contribution in [2.24, 2.45) is 5.73 Å². The third-order valence-electron chi connectivity index (χ3n) is 0.752. The molecule has 42 valence electrons. The van der Waals surface area contributed by atoms with Crippen LogP contribution in [0.4, 0.5) is 0 Å². The van der Waals surface area contributed by atoms with Crippen LogP contribution >= 0.6 is 12.4 Å². The highest BCUT2D eigenvalue weighted by atomic mass is 35.5.